The van der Waals surface area contributed by atoms with Gasteiger partial charge in [-0.05, 0) is 24.3 Å². The fraction of sp³-hybridized carbons (Fsp3) is 0.375. The summed E-state index contributed by atoms with van der Waals surface area (Å²) >= 11 is 0. The van der Waals surface area contributed by atoms with Crippen LogP contribution >= 0.6 is 0 Å². The number of hydrogen-bond donors (Lipinski definition) is 1. The predicted molar refractivity (Wildman–Crippen MR) is 72.2 cm³/mol. The Hall–Kier alpha value is -2.66. The van der Waals surface area contributed by atoms with Crippen molar-refractivity contribution in [1.29, 1.82) is 10.5 Å². The Balaban J connectivity index is 2.27. The molecule has 1 aliphatic carbocycles. The SMILES string of the molecule is N#CC1C(=O)NC(=O)C(C#N)C1(c1ccccc1)C1CC1. The molecule has 0 radical (unpaired) electrons. The maximum atomic E-state index is 12.2. The van der Waals surface area contributed by atoms with Crippen molar-refractivity contribution in [1.82, 2.24) is 5.32 Å². The normalized spacial score (nSPS) is 31.9. The molecule has 2 unspecified atom stereocenters. The smallest absolute Gasteiger partial charge is 0.244 e. The van der Waals surface area contributed by atoms with Crippen LogP contribution in [0.5, 0.6) is 0 Å². The molecule has 2 aliphatic rings. The zero-order valence-electron chi connectivity index (χ0n) is 11.2. The molecule has 2 amide bonds. The summed E-state index contributed by atoms with van der Waals surface area (Å²) in [6, 6.07) is 13.1. The molecule has 1 saturated carbocycles. The van der Waals surface area contributed by atoms with Gasteiger partial charge in [0.15, 0.2) is 0 Å². The lowest BCUT2D eigenvalue weighted by Crippen LogP contribution is -2.61. The Bertz CT molecular complexity index is 648. The quantitative estimate of drug-likeness (QED) is 0.825. The summed E-state index contributed by atoms with van der Waals surface area (Å²) in [6.45, 7) is 0. The van der Waals surface area contributed by atoms with Gasteiger partial charge in [-0.3, -0.25) is 14.9 Å². The molecular formula is C16H13N3O2. The van der Waals surface area contributed by atoms with Crippen molar-refractivity contribution in [3.8, 4) is 12.1 Å². The Labute approximate surface area is 122 Å². The Kier molecular flexibility index (Phi) is 2.99. The van der Waals surface area contributed by atoms with Crippen molar-refractivity contribution in [3.05, 3.63) is 35.9 Å². The average molecular weight is 279 g/mol. The highest BCUT2D eigenvalue weighted by atomic mass is 16.2. The van der Waals surface area contributed by atoms with Gasteiger partial charge in [-0.15, -0.1) is 0 Å². The molecule has 5 heteroatoms. The van der Waals surface area contributed by atoms with E-state index in [2.05, 4.69) is 5.32 Å². The minimum absolute atomic E-state index is 0.0178. The maximum absolute atomic E-state index is 12.2. The van der Waals surface area contributed by atoms with Crippen molar-refractivity contribution in [2.45, 2.75) is 18.3 Å². The summed E-state index contributed by atoms with van der Waals surface area (Å²) in [4.78, 5) is 24.3. The number of carbonyl (C=O) groups is 2. The number of nitrogens with zero attached hydrogens (tertiary/aromatic N) is 2. The van der Waals surface area contributed by atoms with Gasteiger partial charge in [-0.25, -0.2) is 0 Å². The average Bonchev–Trinajstić information content (AvgIpc) is 3.32. The first kappa shape index (κ1) is 13.3. The molecule has 1 heterocycles. The van der Waals surface area contributed by atoms with Crippen molar-refractivity contribution >= 4 is 11.8 Å². The Morgan fingerprint density at radius 2 is 1.52 bits per heavy atom. The number of rotatable bonds is 2. The molecule has 1 saturated heterocycles. The summed E-state index contributed by atoms with van der Waals surface area (Å²) in [5, 5.41) is 21.2. The van der Waals surface area contributed by atoms with E-state index in [1.54, 1.807) is 24.3 Å². The lowest BCUT2D eigenvalue weighted by molar-refractivity contribution is -0.142. The third-order valence-corrected chi connectivity index (χ3v) is 4.51. The van der Waals surface area contributed by atoms with Gasteiger partial charge in [0.1, 0.15) is 11.8 Å². The molecule has 1 aromatic rings. The number of imide groups is 1. The van der Waals surface area contributed by atoms with Crippen LogP contribution < -0.4 is 5.32 Å². The largest absolute Gasteiger partial charge is 0.294 e. The van der Waals surface area contributed by atoms with E-state index < -0.39 is 29.1 Å². The van der Waals surface area contributed by atoms with Gasteiger partial charge < -0.3 is 0 Å². The van der Waals surface area contributed by atoms with Gasteiger partial charge in [0, 0.05) is 5.41 Å². The van der Waals surface area contributed by atoms with E-state index in [0.717, 1.165) is 18.4 Å². The molecule has 21 heavy (non-hydrogen) atoms. The summed E-state index contributed by atoms with van der Waals surface area (Å²) in [6.07, 6.45) is 1.65. The standard InChI is InChI=1S/C16H13N3O2/c17-8-12-14(20)19-15(21)13(9-18)16(12,11-6-7-11)10-4-2-1-3-5-10/h1-5,11-13H,6-7H2,(H,19,20,21). The number of amides is 2. The Morgan fingerprint density at radius 1 is 1.00 bits per heavy atom. The number of nitriles is 2. The number of hydrogen-bond acceptors (Lipinski definition) is 4. The zero-order valence-corrected chi connectivity index (χ0v) is 11.2. The molecular weight excluding hydrogens is 266 g/mol. The minimum atomic E-state index is -1.02. The van der Waals surface area contributed by atoms with E-state index in [4.69, 9.17) is 0 Å². The van der Waals surface area contributed by atoms with Crippen LogP contribution in [0.1, 0.15) is 18.4 Å². The van der Waals surface area contributed by atoms with Crippen molar-refractivity contribution < 1.29 is 9.59 Å². The third-order valence-electron chi connectivity index (χ3n) is 4.51. The van der Waals surface area contributed by atoms with Crippen LogP contribution in [-0.4, -0.2) is 11.8 Å². The third kappa shape index (κ3) is 1.75. The van der Waals surface area contributed by atoms with Gasteiger partial charge in [-0.1, -0.05) is 30.3 Å². The lowest BCUT2D eigenvalue weighted by Gasteiger charge is -2.43. The van der Waals surface area contributed by atoms with E-state index in [0.29, 0.717) is 0 Å². The first-order chi connectivity index (χ1) is 10.2. The van der Waals surface area contributed by atoms with Gasteiger partial charge in [0.05, 0.1) is 12.1 Å². The van der Waals surface area contributed by atoms with Crippen LogP contribution in [0.2, 0.25) is 0 Å². The summed E-state index contributed by atoms with van der Waals surface area (Å²) < 4.78 is 0. The van der Waals surface area contributed by atoms with Crippen LogP contribution in [0.4, 0.5) is 0 Å². The predicted octanol–water partition coefficient (Wildman–Crippen LogP) is 1.27. The number of benzene rings is 1. The van der Waals surface area contributed by atoms with Gasteiger partial charge >= 0.3 is 0 Å². The van der Waals surface area contributed by atoms with Gasteiger partial charge in [-0.2, -0.15) is 10.5 Å². The summed E-state index contributed by atoms with van der Waals surface area (Å²) in [5.74, 6) is -3.21. The van der Waals surface area contributed by atoms with E-state index >= 15 is 0 Å². The number of piperidine rings is 1. The van der Waals surface area contributed by atoms with Crippen molar-refractivity contribution in [2.24, 2.45) is 17.8 Å². The highest BCUT2D eigenvalue weighted by Crippen LogP contribution is 2.57. The second-order valence-electron chi connectivity index (χ2n) is 5.55. The molecule has 0 bridgehead atoms. The van der Waals surface area contributed by atoms with Crippen molar-refractivity contribution in [2.75, 3.05) is 0 Å². The van der Waals surface area contributed by atoms with E-state index in [9.17, 15) is 20.1 Å². The fourth-order valence-corrected chi connectivity index (χ4v) is 3.53. The first-order valence-electron chi connectivity index (χ1n) is 6.85. The maximum Gasteiger partial charge on any atom is 0.244 e. The molecule has 2 atom stereocenters. The number of carbonyl (C=O) groups excluding carboxylic acids is 2. The summed E-state index contributed by atoms with van der Waals surface area (Å²) in [5.41, 5.74) is -0.293. The highest BCUT2D eigenvalue weighted by Gasteiger charge is 2.63. The molecule has 1 aliphatic heterocycles. The summed E-state index contributed by atoms with van der Waals surface area (Å²) in [7, 11) is 0. The number of nitrogens with one attached hydrogen (secondary N) is 1. The van der Waals surface area contributed by atoms with Crippen molar-refractivity contribution in [3.63, 3.8) is 0 Å². The molecule has 1 aromatic carbocycles. The monoisotopic (exact) mass is 279 g/mol. The molecule has 2 fully saturated rings. The molecule has 0 spiro atoms. The zero-order chi connectivity index (χ0) is 15.0. The second kappa shape index (κ2) is 4.71. The van der Waals surface area contributed by atoms with Gasteiger partial charge in [0.2, 0.25) is 11.8 Å². The van der Waals surface area contributed by atoms with Crippen LogP contribution in [0.15, 0.2) is 30.3 Å². The molecule has 104 valence electrons. The van der Waals surface area contributed by atoms with Gasteiger partial charge in [0.25, 0.3) is 0 Å². The first-order valence-corrected chi connectivity index (χ1v) is 6.85. The molecule has 1 N–H and O–H groups in total. The molecule has 0 aromatic heterocycles. The fourth-order valence-electron chi connectivity index (χ4n) is 3.53. The lowest BCUT2D eigenvalue weighted by atomic mass is 9.58. The van der Waals surface area contributed by atoms with E-state index in [1.165, 1.54) is 0 Å². The van der Waals surface area contributed by atoms with E-state index in [1.807, 2.05) is 18.2 Å². The van der Waals surface area contributed by atoms with Crippen LogP contribution in [-0.2, 0) is 15.0 Å². The second-order valence-corrected chi connectivity index (χ2v) is 5.55. The minimum Gasteiger partial charge on any atom is -0.294 e. The van der Waals surface area contributed by atoms with Crippen LogP contribution in [0.3, 0.4) is 0 Å². The highest BCUT2D eigenvalue weighted by molar-refractivity contribution is 6.04. The van der Waals surface area contributed by atoms with Crippen LogP contribution in [0, 0.1) is 40.4 Å². The molecule has 3 rings (SSSR count). The van der Waals surface area contributed by atoms with E-state index in [-0.39, 0.29) is 5.92 Å². The van der Waals surface area contributed by atoms with Crippen LogP contribution in [0.25, 0.3) is 0 Å². The topological polar surface area (TPSA) is 93.8 Å². The Morgan fingerprint density at radius 3 is 1.95 bits per heavy atom. The molecule has 5 nitrogen and oxygen atoms in total.